The van der Waals surface area contributed by atoms with E-state index in [-0.39, 0.29) is 5.56 Å². The van der Waals surface area contributed by atoms with E-state index in [1.807, 2.05) is 38.3 Å². The Morgan fingerprint density at radius 2 is 2.04 bits per heavy atom. The van der Waals surface area contributed by atoms with Gasteiger partial charge in [0.1, 0.15) is 5.69 Å². The smallest absolute Gasteiger partial charge is 0.296 e. The van der Waals surface area contributed by atoms with Gasteiger partial charge in [-0.15, -0.1) is 10.2 Å². The van der Waals surface area contributed by atoms with Crippen LogP contribution in [0.5, 0.6) is 11.5 Å². The summed E-state index contributed by atoms with van der Waals surface area (Å²) in [4.78, 5) is 12.2. The molecule has 0 aliphatic carbocycles. The van der Waals surface area contributed by atoms with Crippen LogP contribution in [0.1, 0.15) is 31.5 Å². The van der Waals surface area contributed by atoms with E-state index in [1.54, 1.807) is 13.1 Å². The molecule has 0 saturated carbocycles. The molecule has 8 heteroatoms. The number of hydrogen-bond acceptors (Lipinski definition) is 7. The second kappa shape index (κ2) is 9.22. The van der Waals surface area contributed by atoms with Gasteiger partial charge in [-0.3, -0.25) is 4.79 Å². The van der Waals surface area contributed by atoms with Gasteiger partial charge in [0.05, 0.1) is 19.4 Å². The number of benzene rings is 1. The molecular weight excluding hydrogens is 340 g/mol. The average Bonchev–Trinajstić information content (AvgIpc) is 2.62. The third-order valence-corrected chi connectivity index (χ3v) is 3.82. The molecule has 0 saturated heterocycles. The van der Waals surface area contributed by atoms with Crippen molar-refractivity contribution < 1.29 is 9.47 Å². The van der Waals surface area contributed by atoms with E-state index < -0.39 is 0 Å². The van der Waals surface area contributed by atoms with Crippen LogP contribution < -0.4 is 15.0 Å². The number of hydrogen-bond donors (Lipinski definition) is 0. The number of nitrogens with zero attached hydrogens (tertiary/aromatic N) is 4. The number of aryl methyl sites for hydroxylation is 1. The summed E-state index contributed by atoms with van der Waals surface area (Å²) in [5, 5.41) is 12.5. The molecule has 2 rings (SSSR count). The molecular formula is C17H22N4O3S. The quantitative estimate of drug-likeness (QED) is 0.531. The summed E-state index contributed by atoms with van der Waals surface area (Å²) in [6, 6.07) is 5.54. The Kier molecular flexibility index (Phi) is 7.00. The van der Waals surface area contributed by atoms with E-state index in [2.05, 4.69) is 15.3 Å². The molecule has 2 aromatic rings. The van der Waals surface area contributed by atoms with Gasteiger partial charge in [-0.1, -0.05) is 18.7 Å². The standard InChI is InChI=1S/C17H22N4O3S/c1-5-9-24-14-8-7-13(10-15(14)23-6-2)11-18-21-16(22)12(3)19-20-17(21)25-4/h7-8,10-11H,5-6,9H2,1-4H3/b18-11-. The fraction of sp³-hybridized carbons (Fsp3) is 0.412. The van der Waals surface area contributed by atoms with Gasteiger partial charge in [-0.05, 0) is 50.3 Å². The first-order valence-corrected chi connectivity index (χ1v) is 9.27. The Morgan fingerprint density at radius 1 is 1.24 bits per heavy atom. The highest BCUT2D eigenvalue weighted by Crippen LogP contribution is 2.28. The Hall–Kier alpha value is -2.35. The molecule has 0 unspecified atom stereocenters. The monoisotopic (exact) mass is 362 g/mol. The molecule has 134 valence electrons. The Morgan fingerprint density at radius 3 is 2.72 bits per heavy atom. The lowest BCUT2D eigenvalue weighted by atomic mass is 10.2. The molecule has 1 heterocycles. The minimum absolute atomic E-state index is 0.288. The molecule has 0 radical (unpaired) electrons. The molecule has 7 nitrogen and oxygen atoms in total. The number of ether oxygens (including phenoxy) is 2. The van der Waals surface area contributed by atoms with Crippen LogP contribution in [0.15, 0.2) is 33.3 Å². The van der Waals surface area contributed by atoms with Crippen LogP contribution in [0.4, 0.5) is 0 Å². The number of thioether (sulfide) groups is 1. The van der Waals surface area contributed by atoms with Crippen molar-refractivity contribution >= 4 is 18.0 Å². The van der Waals surface area contributed by atoms with Gasteiger partial charge in [-0.2, -0.15) is 9.78 Å². The van der Waals surface area contributed by atoms with Crippen molar-refractivity contribution in [3.8, 4) is 11.5 Å². The van der Waals surface area contributed by atoms with Crippen LogP contribution in [-0.2, 0) is 0 Å². The van der Waals surface area contributed by atoms with Gasteiger partial charge in [-0.25, -0.2) is 0 Å². The minimum Gasteiger partial charge on any atom is -0.490 e. The molecule has 1 aromatic heterocycles. The number of aromatic nitrogens is 3. The zero-order valence-electron chi connectivity index (χ0n) is 14.9. The summed E-state index contributed by atoms with van der Waals surface area (Å²) in [5.41, 5.74) is 0.803. The van der Waals surface area contributed by atoms with E-state index in [0.717, 1.165) is 12.0 Å². The van der Waals surface area contributed by atoms with E-state index in [4.69, 9.17) is 9.47 Å². The van der Waals surface area contributed by atoms with Gasteiger partial charge >= 0.3 is 0 Å². The largest absolute Gasteiger partial charge is 0.490 e. The third kappa shape index (κ3) is 4.82. The maximum absolute atomic E-state index is 12.2. The molecule has 0 aliphatic heterocycles. The zero-order chi connectivity index (χ0) is 18.2. The van der Waals surface area contributed by atoms with Gasteiger partial charge in [0, 0.05) is 0 Å². The minimum atomic E-state index is -0.288. The van der Waals surface area contributed by atoms with Crippen molar-refractivity contribution in [1.29, 1.82) is 0 Å². The maximum atomic E-state index is 12.2. The molecule has 0 bridgehead atoms. The molecule has 0 atom stereocenters. The van der Waals surface area contributed by atoms with E-state index in [9.17, 15) is 4.79 Å². The van der Waals surface area contributed by atoms with E-state index >= 15 is 0 Å². The second-order valence-corrected chi connectivity index (χ2v) is 5.89. The second-order valence-electron chi connectivity index (χ2n) is 5.12. The molecule has 1 aromatic carbocycles. The van der Waals surface area contributed by atoms with Gasteiger partial charge in [0.25, 0.3) is 5.56 Å². The lowest BCUT2D eigenvalue weighted by molar-refractivity contribution is 0.277. The summed E-state index contributed by atoms with van der Waals surface area (Å²) >= 11 is 1.31. The Bertz CT molecular complexity index is 805. The van der Waals surface area contributed by atoms with E-state index in [1.165, 1.54) is 16.4 Å². The molecule has 0 aliphatic rings. The van der Waals surface area contributed by atoms with Crippen molar-refractivity contribution in [2.75, 3.05) is 19.5 Å². The molecule has 0 amide bonds. The first kappa shape index (κ1) is 19.0. The van der Waals surface area contributed by atoms with Crippen LogP contribution in [0.2, 0.25) is 0 Å². The van der Waals surface area contributed by atoms with Gasteiger partial charge in [0.2, 0.25) is 5.16 Å². The fourth-order valence-corrected chi connectivity index (χ4v) is 2.43. The Balaban J connectivity index is 2.34. The predicted octanol–water partition coefficient (Wildman–Crippen LogP) is 2.74. The molecule has 0 N–H and O–H groups in total. The van der Waals surface area contributed by atoms with Crippen LogP contribution in [0.25, 0.3) is 0 Å². The summed E-state index contributed by atoms with van der Waals surface area (Å²) in [5.74, 6) is 1.35. The Labute approximate surface area is 151 Å². The molecule has 0 spiro atoms. The third-order valence-electron chi connectivity index (χ3n) is 3.20. The van der Waals surface area contributed by atoms with Crippen molar-refractivity contribution in [2.45, 2.75) is 32.3 Å². The highest BCUT2D eigenvalue weighted by Gasteiger charge is 2.08. The predicted molar refractivity (Wildman–Crippen MR) is 99.2 cm³/mol. The zero-order valence-corrected chi connectivity index (χ0v) is 15.7. The van der Waals surface area contributed by atoms with E-state index in [0.29, 0.717) is 35.6 Å². The summed E-state index contributed by atoms with van der Waals surface area (Å²) in [6.45, 7) is 6.74. The lowest BCUT2D eigenvalue weighted by Gasteiger charge is -2.12. The normalized spacial score (nSPS) is 11.0. The first-order valence-electron chi connectivity index (χ1n) is 8.05. The highest BCUT2D eigenvalue weighted by atomic mass is 32.2. The molecule has 25 heavy (non-hydrogen) atoms. The maximum Gasteiger partial charge on any atom is 0.296 e. The SMILES string of the molecule is CCCOc1ccc(/C=N\n2c(SC)nnc(C)c2=O)cc1OCC. The van der Waals surface area contributed by atoms with Crippen molar-refractivity contribution in [1.82, 2.24) is 14.9 Å². The summed E-state index contributed by atoms with van der Waals surface area (Å²) < 4.78 is 12.6. The summed E-state index contributed by atoms with van der Waals surface area (Å²) in [6.07, 6.45) is 4.33. The lowest BCUT2D eigenvalue weighted by Crippen LogP contribution is -2.23. The first-order chi connectivity index (χ1) is 12.1. The average molecular weight is 362 g/mol. The highest BCUT2D eigenvalue weighted by molar-refractivity contribution is 7.98. The van der Waals surface area contributed by atoms with Gasteiger partial charge < -0.3 is 9.47 Å². The van der Waals surface area contributed by atoms with Crippen LogP contribution in [0, 0.1) is 6.92 Å². The van der Waals surface area contributed by atoms with Crippen LogP contribution in [0.3, 0.4) is 0 Å². The summed E-state index contributed by atoms with van der Waals surface area (Å²) in [7, 11) is 0. The van der Waals surface area contributed by atoms with Crippen molar-refractivity contribution in [3.05, 3.63) is 39.8 Å². The van der Waals surface area contributed by atoms with Crippen LogP contribution >= 0.6 is 11.8 Å². The molecule has 0 fully saturated rings. The number of rotatable bonds is 8. The topological polar surface area (TPSA) is 78.6 Å². The fourth-order valence-electron chi connectivity index (χ4n) is 2.00. The van der Waals surface area contributed by atoms with Crippen molar-refractivity contribution in [3.63, 3.8) is 0 Å². The van der Waals surface area contributed by atoms with Gasteiger partial charge in [0.15, 0.2) is 11.5 Å². The van der Waals surface area contributed by atoms with Crippen LogP contribution in [-0.4, -0.2) is 40.6 Å². The van der Waals surface area contributed by atoms with Crippen molar-refractivity contribution in [2.24, 2.45) is 5.10 Å².